The Morgan fingerprint density at radius 3 is 2.59 bits per heavy atom. The maximum Gasteiger partial charge on any atom is 0.257 e. The van der Waals surface area contributed by atoms with Crippen molar-refractivity contribution in [1.82, 2.24) is 10.2 Å². The van der Waals surface area contributed by atoms with Gasteiger partial charge in [-0.15, -0.1) is 10.2 Å². The van der Waals surface area contributed by atoms with Gasteiger partial charge in [-0.2, -0.15) is 0 Å². The summed E-state index contributed by atoms with van der Waals surface area (Å²) in [6.45, 7) is 2.47. The smallest absolute Gasteiger partial charge is 0.257 e. The topological polar surface area (TPSA) is 98.2 Å². The lowest BCUT2D eigenvalue weighted by molar-refractivity contribution is 0.102. The summed E-state index contributed by atoms with van der Waals surface area (Å²) in [7, 11) is -3.11. The summed E-state index contributed by atoms with van der Waals surface area (Å²) in [4.78, 5) is 12.3. The zero-order valence-electron chi connectivity index (χ0n) is 16.1. The average molecular weight is 432 g/mol. The number of aryl methyl sites for hydroxylation is 1. The van der Waals surface area contributed by atoms with E-state index >= 15 is 0 Å². The maximum atomic E-state index is 12.3. The van der Waals surface area contributed by atoms with Gasteiger partial charge in [0.25, 0.3) is 5.91 Å². The molecule has 1 aromatic heterocycles. The number of hydrogen-bond donors (Lipinski definition) is 1. The Bertz CT molecular complexity index is 1090. The van der Waals surface area contributed by atoms with Crippen molar-refractivity contribution in [3.8, 4) is 5.75 Å². The van der Waals surface area contributed by atoms with Gasteiger partial charge >= 0.3 is 0 Å². The van der Waals surface area contributed by atoms with Crippen molar-refractivity contribution in [2.24, 2.45) is 0 Å². The van der Waals surface area contributed by atoms with E-state index in [0.717, 1.165) is 16.3 Å². The van der Waals surface area contributed by atoms with E-state index in [4.69, 9.17) is 4.74 Å². The fraction of sp³-hybridized carbons (Fsp3) is 0.250. The minimum Gasteiger partial charge on any atom is -0.493 e. The van der Waals surface area contributed by atoms with E-state index in [9.17, 15) is 13.2 Å². The number of amides is 1. The van der Waals surface area contributed by atoms with Crippen LogP contribution in [-0.4, -0.2) is 37.4 Å². The Labute approximate surface area is 173 Å². The number of carbonyl (C=O) groups is 1. The molecule has 0 unspecified atom stereocenters. The van der Waals surface area contributed by atoms with Crippen LogP contribution in [0.3, 0.4) is 0 Å². The van der Waals surface area contributed by atoms with E-state index in [1.807, 2.05) is 31.2 Å². The highest BCUT2D eigenvalue weighted by molar-refractivity contribution is 7.89. The largest absolute Gasteiger partial charge is 0.493 e. The quantitative estimate of drug-likeness (QED) is 0.588. The van der Waals surface area contributed by atoms with Gasteiger partial charge in [0, 0.05) is 18.2 Å². The molecular formula is C20H21N3O4S2. The van der Waals surface area contributed by atoms with Crippen molar-refractivity contribution in [2.45, 2.75) is 19.1 Å². The number of hydrogen-bond acceptors (Lipinski definition) is 7. The predicted octanol–water partition coefficient (Wildman–Crippen LogP) is 3.26. The Morgan fingerprint density at radius 1 is 1.14 bits per heavy atom. The summed E-state index contributed by atoms with van der Waals surface area (Å²) in [6.07, 6.45) is 1.76. The lowest BCUT2D eigenvalue weighted by atomic mass is 10.1. The minimum atomic E-state index is -3.11. The SMILES string of the molecule is Cc1cccc(OCCc2nnc(NC(=O)c3ccc(CS(C)(=O)=O)cc3)s2)c1. The molecule has 0 bridgehead atoms. The first-order chi connectivity index (χ1) is 13.8. The second-order valence-corrected chi connectivity index (χ2v) is 9.84. The molecule has 152 valence electrons. The van der Waals surface area contributed by atoms with Crippen molar-refractivity contribution in [1.29, 1.82) is 0 Å². The van der Waals surface area contributed by atoms with E-state index in [1.165, 1.54) is 17.6 Å². The Balaban J connectivity index is 1.52. The molecular weight excluding hydrogens is 410 g/mol. The lowest BCUT2D eigenvalue weighted by Crippen LogP contribution is -2.11. The highest BCUT2D eigenvalue weighted by Crippen LogP contribution is 2.18. The summed E-state index contributed by atoms with van der Waals surface area (Å²) in [5.41, 5.74) is 2.19. The summed E-state index contributed by atoms with van der Waals surface area (Å²) >= 11 is 1.29. The molecule has 0 fully saturated rings. The third-order valence-corrected chi connectivity index (χ3v) is 5.66. The Hall–Kier alpha value is -2.78. The van der Waals surface area contributed by atoms with Crippen molar-refractivity contribution in [2.75, 3.05) is 18.2 Å². The van der Waals surface area contributed by atoms with Gasteiger partial charge in [0.1, 0.15) is 10.8 Å². The van der Waals surface area contributed by atoms with Crippen LogP contribution in [0.5, 0.6) is 5.75 Å². The Kier molecular flexibility index (Phi) is 6.60. The van der Waals surface area contributed by atoms with E-state index in [2.05, 4.69) is 15.5 Å². The minimum absolute atomic E-state index is 0.0563. The molecule has 2 aromatic carbocycles. The van der Waals surface area contributed by atoms with Crippen LogP contribution in [0.4, 0.5) is 5.13 Å². The van der Waals surface area contributed by atoms with Crippen LogP contribution in [-0.2, 0) is 22.0 Å². The fourth-order valence-corrected chi connectivity index (χ4v) is 4.10. The van der Waals surface area contributed by atoms with Crippen LogP contribution in [0.2, 0.25) is 0 Å². The maximum absolute atomic E-state index is 12.3. The van der Waals surface area contributed by atoms with Gasteiger partial charge in [0.05, 0.1) is 12.4 Å². The molecule has 1 amide bonds. The van der Waals surface area contributed by atoms with Crippen molar-refractivity contribution in [3.63, 3.8) is 0 Å². The van der Waals surface area contributed by atoms with Gasteiger partial charge in [-0.05, 0) is 42.3 Å². The molecule has 3 aromatic rings. The summed E-state index contributed by atoms with van der Waals surface area (Å²) in [5, 5.41) is 11.9. The van der Waals surface area contributed by atoms with E-state index in [-0.39, 0.29) is 11.7 Å². The van der Waals surface area contributed by atoms with Gasteiger partial charge in [-0.25, -0.2) is 8.42 Å². The number of sulfone groups is 1. The number of rotatable bonds is 8. The molecule has 1 heterocycles. The summed E-state index contributed by atoms with van der Waals surface area (Å²) in [5.74, 6) is 0.427. The number of aromatic nitrogens is 2. The summed E-state index contributed by atoms with van der Waals surface area (Å²) < 4.78 is 28.4. The normalized spacial score (nSPS) is 11.2. The molecule has 1 N–H and O–H groups in total. The molecule has 0 aliphatic heterocycles. The van der Waals surface area contributed by atoms with Gasteiger partial charge in [-0.3, -0.25) is 10.1 Å². The molecule has 0 aliphatic rings. The van der Waals surface area contributed by atoms with Crippen molar-refractivity contribution in [3.05, 3.63) is 70.2 Å². The first-order valence-corrected chi connectivity index (χ1v) is 11.8. The summed E-state index contributed by atoms with van der Waals surface area (Å²) in [6, 6.07) is 14.3. The Morgan fingerprint density at radius 2 is 1.90 bits per heavy atom. The molecule has 0 saturated heterocycles. The zero-order chi connectivity index (χ0) is 20.9. The average Bonchev–Trinajstić information content (AvgIpc) is 3.08. The fourth-order valence-electron chi connectivity index (χ4n) is 2.59. The molecule has 9 heteroatoms. The van der Waals surface area contributed by atoms with Crippen LogP contribution in [0.1, 0.15) is 26.5 Å². The van der Waals surface area contributed by atoms with E-state index in [0.29, 0.717) is 29.3 Å². The van der Waals surface area contributed by atoms with Crippen LogP contribution >= 0.6 is 11.3 Å². The van der Waals surface area contributed by atoms with Crippen molar-refractivity contribution >= 4 is 32.2 Å². The monoisotopic (exact) mass is 431 g/mol. The number of ether oxygens (including phenoxy) is 1. The first kappa shape index (κ1) is 20.9. The number of anilines is 1. The molecule has 0 atom stereocenters. The molecule has 3 rings (SSSR count). The van der Waals surface area contributed by atoms with Gasteiger partial charge in [-0.1, -0.05) is 35.6 Å². The third-order valence-electron chi connectivity index (χ3n) is 3.91. The van der Waals surface area contributed by atoms with Gasteiger partial charge < -0.3 is 4.74 Å². The molecule has 29 heavy (non-hydrogen) atoms. The van der Waals surface area contributed by atoms with E-state index in [1.54, 1.807) is 24.3 Å². The number of benzene rings is 2. The standard InChI is InChI=1S/C20H21N3O4S2/c1-14-4-3-5-17(12-14)27-11-10-18-22-23-20(28-18)21-19(24)16-8-6-15(7-9-16)13-29(2,25)26/h3-9,12H,10-11,13H2,1-2H3,(H,21,23,24). The second-order valence-electron chi connectivity index (χ2n) is 6.64. The highest BCUT2D eigenvalue weighted by Gasteiger charge is 2.11. The number of nitrogens with one attached hydrogen (secondary N) is 1. The molecule has 0 aliphatic carbocycles. The van der Waals surface area contributed by atoms with Crippen LogP contribution in [0.15, 0.2) is 48.5 Å². The second kappa shape index (κ2) is 9.15. The molecule has 7 nitrogen and oxygen atoms in total. The zero-order valence-corrected chi connectivity index (χ0v) is 17.7. The lowest BCUT2D eigenvalue weighted by Gasteiger charge is -2.05. The predicted molar refractivity (Wildman–Crippen MR) is 113 cm³/mol. The number of carbonyl (C=O) groups excluding carboxylic acids is 1. The van der Waals surface area contributed by atoms with Crippen molar-refractivity contribution < 1.29 is 17.9 Å². The third kappa shape index (κ3) is 6.65. The molecule has 0 saturated carbocycles. The highest BCUT2D eigenvalue weighted by atomic mass is 32.2. The van der Waals surface area contributed by atoms with Crippen LogP contribution in [0.25, 0.3) is 0 Å². The van der Waals surface area contributed by atoms with E-state index < -0.39 is 9.84 Å². The number of nitrogens with zero attached hydrogens (tertiary/aromatic N) is 2. The molecule has 0 radical (unpaired) electrons. The van der Waals surface area contributed by atoms with Crippen LogP contribution < -0.4 is 10.1 Å². The van der Waals surface area contributed by atoms with Crippen LogP contribution in [0, 0.1) is 6.92 Å². The first-order valence-electron chi connectivity index (χ1n) is 8.88. The van der Waals surface area contributed by atoms with Gasteiger partial charge in [0.2, 0.25) is 5.13 Å². The molecule has 0 spiro atoms. The van der Waals surface area contributed by atoms with Gasteiger partial charge in [0.15, 0.2) is 9.84 Å².